The van der Waals surface area contributed by atoms with E-state index >= 15 is 0 Å². The molecule has 0 atom stereocenters. The summed E-state index contributed by atoms with van der Waals surface area (Å²) in [5.74, 6) is -1.03. The van der Waals surface area contributed by atoms with Crippen LogP contribution in [0.15, 0.2) is 0 Å². The van der Waals surface area contributed by atoms with E-state index in [1.54, 1.807) is 0 Å². The molecular formula is C18H30O6. The van der Waals surface area contributed by atoms with Crippen LogP contribution in [0.25, 0.3) is 0 Å². The van der Waals surface area contributed by atoms with E-state index in [1.165, 1.54) is 0 Å². The normalized spacial score (nSPS) is 10.2. The van der Waals surface area contributed by atoms with Gasteiger partial charge in [0.25, 0.3) is 0 Å². The molecule has 0 spiro atoms. The zero-order valence-electron chi connectivity index (χ0n) is 14.9. The number of ether oxygens (including phenoxy) is 2. The van der Waals surface area contributed by atoms with Crippen LogP contribution in [0.2, 0.25) is 0 Å². The van der Waals surface area contributed by atoms with Gasteiger partial charge in [-0.3, -0.25) is 19.2 Å². The molecule has 0 aliphatic carbocycles. The molecule has 0 N–H and O–H groups in total. The third-order valence-corrected chi connectivity index (χ3v) is 3.42. The van der Waals surface area contributed by atoms with Gasteiger partial charge in [-0.25, -0.2) is 0 Å². The molecule has 138 valence electrons. The molecule has 6 nitrogen and oxygen atoms in total. The van der Waals surface area contributed by atoms with Crippen LogP contribution in [-0.4, -0.2) is 36.7 Å². The molecule has 0 aromatic heterocycles. The predicted molar refractivity (Wildman–Crippen MR) is 89.5 cm³/mol. The van der Waals surface area contributed by atoms with Crippen molar-refractivity contribution in [2.45, 2.75) is 78.1 Å². The zero-order chi connectivity index (χ0) is 18.2. The zero-order valence-corrected chi connectivity index (χ0v) is 14.9. The summed E-state index contributed by atoms with van der Waals surface area (Å²) in [6.07, 6.45) is 4.03. The summed E-state index contributed by atoms with van der Waals surface area (Å²) in [6, 6.07) is 0. The maximum Gasteiger partial charge on any atom is 0.306 e. The van der Waals surface area contributed by atoms with Gasteiger partial charge in [-0.2, -0.15) is 0 Å². The average Bonchev–Trinajstić information content (AvgIpc) is 2.56. The molecule has 6 heteroatoms. The summed E-state index contributed by atoms with van der Waals surface area (Å²) in [5, 5.41) is 0. The molecule has 0 unspecified atom stereocenters. The maximum atomic E-state index is 11.6. The van der Waals surface area contributed by atoms with Crippen LogP contribution in [0.1, 0.15) is 78.1 Å². The highest BCUT2D eigenvalue weighted by molar-refractivity contribution is 5.88. The second-order valence-electron chi connectivity index (χ2n) is 5.73. The Kier molecular flexibility index (Phi) is 13.8. The summed E-state index contributed by atoms with van der Waals surface area (Å²) in [4.78, 5) is 46.0. The van der Waals surface area contributed by atoms with Crippen LogP contribution in [0.4, 0.5) is 0 Å². The van der Waals surface area contributed by atoms with Crippen LogP contribution in [0, 0.1) is 0 Å². The highest BCUT2D eigenvalue weighted by Gasteiger charge is 2.12. The molecule has 24 heavy (non-hydrogen) atoms. The van der Waals surface area contributed by atoms with Gasteiger partial charge >= 0.3 is 11.9 Å². The lowest BCUT2D eigenvalue weighted by Crippen LogP contribution is -2.11. The van der Waals surface area contributed by atoms with E-state index in [9.17, 15) is 19.2 Å². The topological polar surface area (TPSA) is 86.7 Å². The standard InChI is InChI=1S/C18H30O6/c1-3-5-13-23-17(21)11-9-15(19)7-8-16(20)10-12-18(22)24-14-6-4-2/h3-14H2,1-2H3. The van der Waals surface area contributed by atoms with Gasteiger partial charge in [0.2, 0.25) is 0 Å². The van der Waals surface area contributed by atoms with Crippen molar-refractivity contribution < 1.29 is 28.7 Å². The largest absolute Gasteiger partial charge is 0.466 e. The van der Waals surface area contributed by atoms with Gasteiger partial charge in [0.15, 0.2) is 0 Å². The number of rotatable bonds is 15. The summed E-state index contributed by atoms with van der Waals surface area (Å²) in [7, 11) is 0. The Morgan fingerprint density at radius 2 is 0.917 bits per heavy atom. The lowest BCUT2D eigenvalue weighted by molar-refractivity contribution is -0.145. The number of Topliss-reactive ketones (excluding diaryl/α,β-unsaturated/α-hetero) is 2. The smallest absolute Gasteiger partial charge is 0.306 e. The molecule has 0 radical (unpaired) electrons. The van der Waals surface area contributed by atoms with Crippen molar-refractivity contribution in [1.29, 1.82) is 0 Å². The van der Waals surface area contributed by atoms with Crippen LogP contribution in [0.3, 0.4) is 0 Å². The van der Waals surface area contributed by atoms with Crippen molar-refractivity contribution in [3.05, 3.63) is 0 Å². The first-order valence-electron chi connectivity index (χ1n) is 8.84. The minimum Gasteiger partial charge on any atom is -0.466 e. The lowest BCUT2D eigenvalue weighted by Gasteiger charge is -2.04. The summed E-state index contributed by atoms with van der Waals surface area (Å²) >= 11 is 0. The first-order chi connectivity index (χ1) is 11.5. The Labute approximate surface area is 144 Å². The molecule has 0 aliphatic heterocycles. The molecule has 0 amide bonds. The molecule has 0 aromatic rings. The summed E-state index contributed by atoms with van der Waals surface area (Å²) < 4.78 is 9.91. The summed E-state index contributed by atoms with van der Waals surface area (Å²) in [6.45, 7) is 4.77. The number of hydrogen-bond donors (Lipinski definition) is 0. The predicted octanol–water partition coefficient (Wildman–Crippen LogP) is 3.15. The molecule has 0 saturated heterocycles. The van der Waals surface area contributed by atoms with Crippen molar-refractivity contribution in [2.75, 3.05) is 13.2 Å². The van der Waals surface area contributed by atoms with Crippen molar-refractivity contribution in [3.8, 4) is 0 Å². The summed E-state index contributed by atoms with van der Waals surface area (Å²) in [5.41, 5.74) is 0. The van der Waals surface area contributed by atoms with E-state index < -0.39 is 0 Å². The van der Waals surface area contributed by atoms with Gasteiger partial charge in [0, 0.05) is 25.7 Å². The van der Waals surface area contributed by atoms with Crippen LogP contribution >= 0.6 is 0 Å². The number of esters is 2. The minimum absolute atomic E-state index is 0.0560. The monoisotopic (exact) mass is 342 g/mol. The first kappa shape index (κ1) is 22.3. The van der Waals surface area contributed by atoms with Crippen LogP contribution in [-0.2, 0) is 28.7 Å². The van der Waals surface area contributed by atoms with Gasteiger partial charge in [-0.05, 0) is 12.8 Å². The number of hydrogen-bond acceptors (Lipinski definition) is 6. The Balaban J connectivity index is 3.69. The fourth-order valence-electron chi connectivity index (χ4n) is 1.82. The van der Waals surface area contributed by atoms with E-state index in [-0.39, 0.29) is 62.0 Å². The lowest BCUT2D eigenvalue weighted by atomic mass is 10.1. The molecule has 0 bridgehead atoms. The van der Waals surface area contributed by atoms with Gasteiger partial charge in [0.05, 0.1) is 26.1 Å². The molecule has 0 aromatic carbocycles. The Morgan fingerprint density at radius 1 is 0.583 bits per heavy atom. The average molecular weight is 342 g/mol. The highest BCUT2D eigenvalue weighted by atomic mass is 16.5. The van der Waals surface area contributed by atoms with E-state index in [4.69, 9.17) is 9.47 Å². The number of carbonyl (C=O) groups is 4. The molecule has 0 heterocycles. The Morgan fingerprint density at radius 3 is 1.25 bits per heavy atom. The van der Waals surface area contributed by atoms with Gasteiger partial charge in [-0.1, -0.05) is 26.7 Å². The first-order valence-corrected chi connectivity index (χ1v) is 8.84. The van der Waals surface area contributed by atoms with E-state index in [0.29, 0.717) is 13.2 Å². The van der Waals surface area contributed by atoms with Gasteiger partial charge in [-0.15, -0.1) is 0 Å². The van der Waals surface area contributed by atoms with Crippen molar-refractivity contribution in [1.82, 2.24) is 0 Å². The molecule has 0 fully saturated rings. The fraction of sp³-hybridized carbons (Fsp3) is 0.778. The molecule has 0 rings (SSSR count). The van der Waals surface area contributed by atoms with Crippen molar-refractivity contribution in [3.63, 3.8) is 0 Å². The molecular weight excluding hydrogens is 312 g/mol. The number of ketones is 2. The van der Waals surface area contributed by atoms with Gasteiger partial charge in [0.1, 0.15) is 11.6 Å². The van der Waals surface area contributed by atoms with Crippen LogP contribution < -0.4 is 0 Å². The van der Waals surface area contributed by atoms with E-state index in [1.807, 2.05) is 13.8 Å². The molecule has 0 aliphatic rings. The second-order valence-corrected chi connectivity index (χ2v) is 5.73. The Hall–Kier alpha value is -1.72. The number of unbranched alkanes of at least 4 members (excludes halogenated alkanes) is 2. The fourth-order valence-corrected chi connectivity index (χ4v) is 1.82. The van der Waals surface area contributed by atoms with E-state index in [2.05, 4.69) is 0 Å². The quantitative estimate of drug-likeness (QED) is 0.336. The van der Waals surface area contributed by atoms with Crippen LogP contribution in [0.5, 0.6) is 0 Å². The third-order valence-electron chi connectivity index (χ3n) is 3.42. The SMILES string of the molecule is CCCCOC(=O)CCC(=O)CCC(=O)CCC(=O)OCCCC. The number of carbonyl (C=O) groups excluding carboxylic acids is 4. The third kappa shape index (κ3) is 13.9. The Bertz CT molecular complexity index is 364. The highest BCUT2D eigenvalue weighted by Crippen LogP contribution is 2.05. The van der Waals surface area contributed by atoms with Gasteiger partial charge < -0.3 is 9.47 Å². The second kappa shape index (κ2) is 14.8. The van der Waals surface area contributed by atoms with Crippen molar-refractivity contribution >= 4 is 23.5 Å². The van der Waals surface area contributed by atoms with E-state index in [0.717, 1.165) is 25.7 Å². The van der Waals surface area contributed by atoms with Crippen molar-refractivity contribution in [2.24, 2.45) is 0 Å². The molecule has 0 saturated carbocycles. The minimum atomic E-state index is -0.377. The maximum absolute atomic E-state index is 11.6.